The first kappa shape index (κ1) is 22.9. The number of piperidine rings is 1. The van der Waals surface area contributed by atoms with Gasteiger partial charge in [-0.1, -0.05) is 48.9 Å². The van der Waals surface area contributed by atoms with Crippen LogP contribution >= 0.6 is 0 Å². The number of amides is 1. The number of likely N-dealkylation sites (tertiary alicyclic amines) is 1. The Kier molecular flexibility index (Phi) is 6.13. The molecular weight excluding hydrogens is 439 g/mol. The third-order valence-corrected chi connectivity index (χ3v) is 7.79. The molecule has 1 unspecified atom stereocenters. The van der Waals surface area contributed by atoms with Crippen LogP contribution in [-0.4, -0.2) is 39.6 Å². The second kappa shape index (κ2) is 9.08. The van der Waals surface area contributed by atoms with Gasteiger partial charge in [-0.15, -0.1) is 0 Å². The van der Waals surface area contributed by atoms with E-state index < -0.39 is 11.7 Å². The fraction of sp³-hybridized carbons (Fsp3) is 0.481. The van der Waals surface area contributed by atoms with Crippen LogP contribution in [0, 0.1) is 11.8 Å². The normalized spacial score (nSPS) is 22.8. The van der Waals surface area contributed by atoms with E-state index in [0.717, 1.165) is 50.4 Å². The summed E-state index contributed by atoms with van der Waals surface area (Å²) in [5.74, 6) is 0.354. The van der Waals surface area contributed by atoms with E-state index >= 15 is 0 Å². The molecule has 34 heavy (non-hydrogen) atoms. The van der Waals surface area contributed by atoms with Gasteiger partial charge in [0.2, 0.25) is 5.91 Å². The summed E-state index contributed by atoms with van der Waals surface area (Å²) in [6, 6.07) is 8.86. The number of aromatic nitrogens is 2. The molecule has 3 aliphatic rings. The fourth-order valence-corrected chi connectivity index (χ4v) is 5.72. The Hall–Kier alpha value is -2.83. The van der Waals surface area contributed by atoms with Crippen LogP contribution in [0.4, 0.5) is 13.2 Å². The molecule has 180 valence electrons. The van der Waals surface area contributed by atoms with Crippen molar-refractivity contribution in [1.82, 2.24) is 14.5 Å². The van der Waals surface area contributed by atoms with Crippen LogP contribution in [0.15, 0.2) is 60.1 Å². The highest BCUT2D eigenvalue weighted by molar-refractivity contribution is 5.79. The van der Waals surface area contributed by atoms with Gasteiger partial charge in [0.05, 0.1) is 24.3 Å². The summed E-state index contributed by atoms with van der Waals surface area (Å²) in [7, 11) is 0. The number of fused-ring (bicyclic) bond motifs is 3. The van der Waals surface area contributed by atoms with Gasteiger partial charge in [0.15, 0.2) is 0 Å². The number of halogens is 3. The zero-order valence-corrected chi connectivity index (χ0v) is 19.4. The molecule has 1 amide bonds. The summed E-state index contributed by atoms with van der Waals surface area (Å²) < 4.78 is 41.1. The predicted octanol–water partition coefficient (Wildman–Crippen LogP) is 6.32. The molecule has 0 radical (unpaired) electrons. The third-order valence-electron chi connectivity index (χ3n) is 7.79. The lowest BCUT2D eigenvalue weighted by Crippen LogP contribution is -2.39. The Morgan fingerprint density at radius 1 is 1.12 bits per heavy atom. The molecule has 1 aromatic carbocycles. The van der Waals surface area contributed by atoms with E-state index in [1.807, 2.05) is 17.4 Å². The van der Waals surface area contributed by atoms with Gasteiger partial charge >= 0.3 is 6.18 Å². The lowest BCUT2D eigenvalue weighted by atomic mass is 9.85. The molecule has 2 aromatic rings. The van der Waals surface area contributed by atoms with Crippen LogP contribution in [0.3, 0.4) is 0 Å². The maximum Gasteiger partial charge on any atom is 0.412 e. The smallest absolute Gasteiger partial charge is 0.342 e. The Labute approximate surface area is 198 Å². The summed E-state index contributed by atoms with van der Waals surface area (Å²) in [5.41, 5.74) is 4.12. The van der Waals surface area contributed by atoms with Gasteiger partial charge in [-0.2, -0.15) is 13.2 Å². The Bertz CT molecular complexity index is 1120. The highest BCUT2D eigenvalue weighted by Crippen LogP contribution is 2.42. The minimum absolute atomic E-state index is 0.0354. The first-order chi connectivity index (χ1) is 16.3. The molecular formula is C27H30F3N3O. The molecule has 5 rings (SSSR count). The van der Waals surface area contributed by atoms with Crippen LogP contribution in [0.5, 0.6) is 0 Å². The van der Waals surface area contributed by atoms with Gasteiger partial charge in [-0.05, 0) is 49.5 Å². The van der Waals surface area contributed by atoms with Crippen molar-refractivity contribution in [2.24, 2.45) is 11.8 Å². The van der Waals surface area contributed by atoms with E-state index in [4.69, 9.17) is 0 Å². The van der Waals surface area contributed by atoms with Gasteiger partial charge in [-0.3, -0.25) is 4.79 Å². The third kappa shape index (κ3) is 4.44. The van der Waals surface area contributed by atoms with E-state index in [9.17, 15) is 18.0 Å². The number of carbonyl (C=O) groups excluding carboxylic acids is 1. The molecule has 4 nitrogen and oxygen atoms in total. The van der Waals surface area contributed by atoms with Crippen LogP contribution in [-0.2, 0) is 4.79 Å². The van der Waals surface area contributed by atoms with Crippen LogP contribution in [0.25, 0.3) is 11.3 Å². The van der Waals surface area contributed by atoms with Crippen molar-refractivity contribution in [2.45, 2.75) is 57.7 Å². The second-order valence-electron chi connectivity index (χ2n) is 9.90. The second-order valence-corrected chi connectivity index (χ2v) is 9.90. The first-order valence-electron chi connectivity index (χ1n) is 12.2. The van der Waals surface area contributed by atoms with E-state index in [-0.39, 0.29) is 24.7 Å². The lowest BCUT2D eigenvalue weighted by Gasteiger charge is -2.33. The monoisotopic (exact) mass is 469 g/mol. The minimum Gasteiger partial charge on any atom is -0.342 e. The molecule has 2 atom stereocenters. The molecule has 0 saturated carbocycles. The number of allylic oxidation sites excluding steroid dienone is 3. The number of hydrogen-bond acceptors (Lipinski definition) is 2. The van der Waals surface area contributed by atoms with Crippen molar-refractivity contribution in [3.8, 4) is 11.3 Å². The summed E-state index contributed by atoms with van der Waals surface area (Å²) in [6.07, 6.45) is 6.50. The molecule has 0 N–H and O–H groups in total. The van der Waals surface area contributed by atoms with E-state index in [0.29, 0.717) is 12.0 Å². The van der Waals surface area contributed by atoms with Gasteiger partial charge in [0.1, 0.15) is 0 Å². The van der Waals surface area contributed by atoms with E-state index in [2.05, 4.69) is 33.8 Å². The maximum atomic E-state index is 12.9. The van der Waals surface area contributed by atoms with Crippen LogP contribution in [0.2, 0.25) is 0 Å². The maximum absolute atomic E-state index is 12.9. The van der Waals surface area contributed by atoms with Crippen molar-refractivity contribution in [1.29, 1.82) is 0 Å². The first-order valence-corrected chi connectivity index (χ1v) is 12.2. The van der Waals surface area contributed by atoms with Crippen LogP contribution in [0.1, 0.15) is 57.1 Å². The number of rotatable bonds is 5. The average molecular weight is 470 g/mol. The van der Waals surface area contributed by atoms with Gasteiger partial charge < -0.3 is 9.47 Å². The zero-order chi connectivity index (χ0) is 23.9. The fourth-order valence-electron chi connectivity index (χ4n) is 5.72. The van der Waals surface area contributed by atoms with Crippen molar-refractivity contribution >= 4 is 5.91 Å². The Morgan fingerprint density at radius 2 is 1.88 bits per heavy atom. The lowest BCUT2D eigenvalue weighted by molar-refractivity contribution is -0.132. The number of alkyl halides is 3. The number of imidazole rings is 1. The molecule has 1 saturated heterocycles. The molecule has 1 fully saturated rings. The standard InChI is InChI=1S/C27H30F3N3O/c1-18-14-21(27(28,29)30)8-7-20(18)15-26(34)32-12-10-19(11-13-32)6-9-24-22-4-2-3-5-23(22)25-16-31-17-33(24)25/h2-5,7-8,16-19,24H,6,9-15H2,1H3/t18?,24-/m0/s1. The van der Waals surface area contributed by atoms with Gasteiger partial charge in [0.25, 0.3) is 0 Å². The minimum atomic E-state index is -4.29. The Balaban J connectivity index is 1.13. The van der Waals surface area contributed by atoms with Crippen molar-refractivity contribution < 1.29 is 18.0 Å². The highest BCUT2D eigenvalue weighted by atomic mass is 19.4. The topological polar surface area (TPSA) is 38.1 Å². The van der Waals surface area contributed by atoms with Crippen LogP contribution < -0.4 is 0 Å². The van der Waals surface area contributed by atoms with E-state index in [1.54, 1.807) is 6.92 Å². The number of hydrogen-bond donors (Lipinski definition) is 0. The zero-order valence-electron chi connectivity index (χ0n) is 19.4. The molecule has 2 aliphatic heterocycles. The SMILES string of the molecule is CC1CC(C(F)(F)F)=CC=C1CC(=O)N1CCC(CC[C@H]2c3ccccc3-c3cncn32)CC1. The molecule has 7 heteroatoms. The van der Waals surface area contributed by atoms with E-state index in [1.165, 1.54) is 22.9 Å². The number of carbonyl (C=O) groups is 1. The van der Waals surface area contributed by atoms with Gasteiger partial charge in [0, 0.05) is 30.6 Å². The molecule has 1 aromatic heterocycles. The highest BCUT2D eigenvalue weighted by Gasteiger charge is 2.36. The number of nitrogens with zero attached hydrogens (tertiary/aromatic N) is 3. The summed E-state index contributed by atoms with van der Waals surface area (Å²) in [5, 5.41) is 0. The number of benzene rings is 1. The molecule has 0 spiro atoms. The summed E-state index contributed by atoms with van der Waals surface area (Å²) >= 11 is 0. The molecule has 1 aliphatic carbocycles. The van der Waals surface area contributed by atoms with Crippen molar-refractivity contribution in [3.63, 3.8) is 0 Å². The largest absolute Gasteiger partial charge is 0.412 e. The summed E-state index contributed by atoms with van der Waals surface area (Å²) in [6.45, 7) is 3.23. The summed E-state index contributed by atoms with van der Waals surface area (Å²) in [4.78, 5) is 19.1. The average Bonchev–Trinajstić information content (AvgIpc) is 3.40. The molecule has 3 heterocycles. The quantitative estimate of drug-likeness (QED) is 0.514. The van der Waals surface area contributed by atoms with Gasteiger partial charge in [-0.25, -0.2) is 4.98 Å². The Morgan fingerprint density at radius 3 is 2.62 bits per heavy atom. The van der Waals surface area contributed by atoms with Crippen molar-refractivity contribution in [2.75, 3.05) is 13.1 Å². The van der Waals surface area contributed by atoms with Crippen molar-refractivity contribution in [3.05, 3.63) is 65.7 Å². The molecule has 0 bridgehead atoms. The predicted molar refractivity (Wildman–Crippen MR) is 125 cm³/mol.